The summed E-state index contributed by atoms with van der Waals surface area (Å²) in [5.74, 6) is -3.28. The summed E-state index contributed by atoms with van der Waals surface area (Å²) in [6, 6.07) is 3.58. The molecule has 6 atom stereocenters. The van der Waals surface area contributed by atoms with E-state index in [1.165, 1.54) is 7.11 Å². The Morgan fingerprint density at radius 2 is 1.95 bits per heavy atom. The van der Waals surface area contributed by atoms with Crippen LogP contribution in [0.1, 0.15) is 43.7 Å². The number of Topliss-reactive ketones (excluding diaryl/α,β-unsaturated/α-hetero) is 1. The lowest BCUT2D eigenvalue weighted by Gasteiger charge is -2.61. The highest BCUT2D eigenvalue weighted by atomic mass is 16.6. The summed E-state index contributed by atoms with van der Waals surface area (Å²) in [6.45, 7) is 1.75. The van der Waals surface area contributed by atoms with Gasteiger partial charge in [-0.15, -0.1) is 0 Å². The van der Waals surface area contributed by atoms with Crippen molar-refractivity contribution in [3.63, 3.8) is 0 Å². The maximum atomic E-state index is 12.9. The number of hydrogen-bond acceptors (Lipinski definition) is 11. The Hall–Kier alpha value is -3.48. The number of carboxylic acids is 1. The highest BCUT2D eigenvalue weighted by molar-refractivity contribution is 5.87. The molecular formula is C27H31NO11. The van der Waals surface area contributed by atoms with Crippen molar-refractivity contribution in [3.8, 4) is 11.5 Å². The molecule has 0 amide bonds. The van der Waals surface area contributed by atoms with Gasteiger partial charge in [-0.3, -0.25) is 14.4 Å². The lowest BCUT2D eigenvalue weighted by molar-refractivity contribution is -0.174. The molecule has 0 aromatic heterocycles. The molecule has 0 unspecified atom stereocenters. The minimum Gasteiger partial charge on any atom is -0.493 e. The number of carboxylic acid groups (broad SMARTS) is 1. The van der Waals surface area contributed by atoms with Crippen LogP contribution < -0.4 is 9.47 Å². The third-order valence-corrected chi connectivity index (χ3v) is 8.52. The molecule has 4 aliphatic rings. The number of likely N-dealkylation sites (tertiary alicyclic amines) is 1. The first-order valence-electron chi connectivity index (χ1n) is 12.7. The third kappa shape index (κ3) is 4.09. The van der Waals surface area contributed by atoms with E-state index >= 15 is 0 Å². The second kappa shape index (κ2) is 9.61. The van der Waals surface area contributed by atoms with Gasteiger partial charge in [-0.1, -0.05) is 6.07 Å². The van der Waals surface area contributed by atoms with E-state index in [0.29, 0.717) is 30.9 Å². The van der Waals surface area contributed by atoms with Crippen LogP contribution in [0.25, 0.3) is 0 Å². The first kappa shape index (κ1) is 27.1. The predicted molar refractivity (Wildman–Crippen MR) is 131 cm³/mol. The van der Waals surface area contributed by atoms with Gasteiger partial charge in [0, 0.05) is 18.0 Å². The minimum absolute atomic E-state index is 0.140. The van der Waals surface area contributed by atoms with Crippen LogP contribution in [0.5, 0.6) is 11.5 Å². The van der Waals surface area contributed by atoms with Crippen molar-refractivity contribution in [1.29, 1.82) is 0 Å². The summed E-state index contributed by atoms with van der Waals surface area (Å²) >= 11 is 0. The second-order valence-electron chi connectivity index (χ2n) is 10.6. The van der Waals surface area contributed by atoms with Crippen LogP contribution >= 0.6 is 0 Å². The molecule has 2 heterocycles. The summed E-state index contributed by atoms with van der Waals surface area (Å²) in [5.41, 5.74) is -0.246. The number of carbonyl (C=O) groups is 4. The first-order valence-corrected chi connectivity index (χ1v) is 12.7. The monoisotopic (exact) mass is 545 g/mol. The van der Waals surface area contributed by atoms with Gasteiger partial charge in [-0.05, 0) is 51.1 Å². The predicted octanol–water partition coefficient (Wildman–Crippen LogP) is 0.243. The average molecular weight is 546 g/mol. The fourth-order valence-corrected chi connectivity index (χ4v) is 6.60. The standard InChI is InChI=1S/C27H31NO11/c1-13(29)15(30)11-20(31)38-18(25(33)34)12-21(32)37-17-6-7-27(35)19-10-14-4-5-16(36-3)23-22(14)26(27,24(17)39-23)8-9-28(19)2/h4-6,15,18-19,24,30,35H,7-12H2,1-3H3,(H,33,34)/t15-,18-,19+,24-,26-,27+/m0/s1. The zero-order chi connectivity index (χ0) is 28.3. The van der Waals surface area contributed by atoms with E-state index in [2.05, 4.69) is 4.90 Å². The smallest absolute Gasteiger partial charge is 0.345 e. The molecule has 2 aliphatic heterocycles. The Balaban J connectivity index is 1.40. The Morgan fingerprint density at radius 3 is 2.62 bits per heavy atom. The molecule has 1 aromatic carbocycles. The Bertz CT molecular complexity index is 1270. The SMILES string of the molecule is COc1ccc2c3c1O[C@H]1C(OC(=O)C[C@H](OC(=O)C[C@H](O)C(C)=O)C(=O)O)=CC[C@@]4(O)[C@@H](C2)N(C)CC[C@]314. The van der Waals surface area contributed by atoms with E-state index in [1.54, 1.807) is 6.08 Å². The second-order valence-corrected chi connectivity index (χ2v) is 10.6. The molecule has 1 spiro atoms. The van der Waals surface area contributed by atoms with E-state index < -0.39 is 65.9 Å². The van der Waals surface area contributed by atoms with Gasteiger partial charge >= 0.3 is 17.9 Å². The van der Waals surface area contributed by atoms with Crippen LogP contribution in [-0.2, 0) is 40.5 Å². The summed E-state index contributed by atoms with van der Waals surface area (Å²) in [5, 5.41) is 31.2. The number of likely N-dealkylation sites (N-methyl/N-ethyl adjacent to an activating group) is 1. The first-order chi connectivity index (χ1) is 18.4. The van der Waals surface area contributed by atoms with E-state index in [4.69, 9.17) is 18.9 Å². The van der Waals surface area contributed by atoms with Crippen LogP contribution in [-0.4, -0.2) is 94.6 Å². The van der Waals surface area contributed by atoms with Gasteiger partial charge in [0.05, 0.1) is 31.0 Å². The number of methoxy groups -OCH3 is 1. The number of rotatable bonds is 9. The van der Waals surface area contributed by atoms with E-state index in [1.807, 2.05) is 19.2 Å². The zero-order valence-electron chi connectivity index (χ0n) is 21.8. The van der Waals surface area contributed by atoms with Crippen molar-refractivity contribution in [2.75, 3.05) is 20.7 Å². The Morgan fingerprint density at radius 1 is 1.21 bits per heavy atom. The summed E-state index contributed by atoms with van der Waals surface area (Å²) in [4.78, 5) is 49.9. The van der Waals surface area contributed by atoms with Crippen molar-refractivity contribution >= 4 is 23.7 Å². The van der Waals surface area contributed by atoms with Crippen molar-refractivity contribution in [2.24, 2.45) is 0 Å². The molecule has 0 radical (unpaired) electrons. The van der Waals surface area contributed by atoms with Crippen molar-refractivity contribution in [3.05, 3.63) is 35.1 Å². The number of carbonyl (C=O) groups excluding carboxylic acids is 3. The van der Waals surface area contributed by atoms with Crippen LogP contribution in [0.15, 0.2) is 24.0 Å². The summed E-state index contributed by atoms with van der Waals surface area (Å²) in [7, 11) is 3.49. The zero-order valence-corrected chi connectivity index (χ0v) is 21.8. The molecule has 1 saturated heterocycles. The highest BCUT2D eigenvalue weighted by Gasteiger charge is 2.72. The van der Waals surface area contributed by atoms with E-state index in [-0.39, 0.29) is 18.2 Å². The van der Waals surface area contributed by atoms with Gasteiger partial charge in [0.1, 0.15) is 11.9 Å². The van der Waals surface area contributed by atoms with Gasteiger partial charge in [0.25, 0.3) is 0 Å². The summed E-state index contributed by atoms with van der Waals surface area (Å²) < 4.78 is 22.4. The number of aliphatic carboxylic acids is 1. The van der Waals surface area contributed by atoms with Gasteiger partial charge in [0.15, 0.2) is 23.4 Å². The Kier molecular flexibility index (Phi) is 6.68. The van der Waals surface area contributed by atoms with E-state index in [9.17, 15) is 34.5 Å². The average Bonchev–Trinajstić information content (AvgIpc) is 3.23. The van der Waals surface area contributed by atoms with Crippen LogP contribution in [0.2, 0.25) is 0 Å². The van der Waals surface area contributed by atoms with Gasteiger partial charge in [-0.25, -0.2) is 4.79 Å². The normalized spacial score (nSPS) is 29.7. The van der Waals surface area contributed by atoms with Crippen molar-refractivity contribution in [2.45, 2.75) is 74.4 Å². The quantitative estimate of drug-likeness (QED) is 0.362. The largest absolute Gasteiger partial charge is 0.493 e. The number of piperidine rings is 1. The lowest BCUT2D eigenvalue weighted by atomic mass is 9.50. The van der Waals surface area contributed by atoms with Gasteiger partial charge in [-0.2, -0.15) is 0 Å². The number of hydrogen-bond donors (Lipinski definition) is 3. The molecule has 5 rings (SSSR count). The topological polar surface area (TPSA) is 169 Å². The molecule has 0 saturated carbocycles. The third-order valence-electron chi connectivity index (χ3n) is 8.52. The molecular weight excluding hydrogens is 514 g/mol. The molecule has 210 valence electrons. The number of aliphatic hydroxyl groups excluding tert-OH is 1. The number of esters is 2. The molecule has 12 nitrogen and oxygen atoms in total. The van der Waals surface area contributed by atoms with Crippen LogP contribution in [0.3, 0.4) is 0 Å². The van der Waals surface area contributed by atoms with Gasteiger partial charge in [0.2, 0.25) is 6.10 Å². The molecule has 3 N–H and O–H groups in total. The lowest BCUT2D eigenvalue weighted by Crippen LogP contribution is -2.74. The van der Waals surface area contributed by atoms with Gasteiger partial charge < -0.3 is 39.2 Å². The Labute approximate surface area is 224 Å². The molecule has 1 fully saturated rings. The molecule has 2 bridgehead atoms. The number of benzene rings is 1. The molecule has 12 heteroatoms. The van der Waals surface area contributed by atoms with Crippen molar-refractivity contribution < 1.29 is 53.4 Å². The maximum absolute atomic E-state index is 12.9. The van der Waals surface area contributed by atoms with Crippen LogP contribution in [0.4, 0.5) is 0 Å². The number of aliphatic hydroxyl groups is 2. The molecule has 2 aliphatic carbocycles. The fourth-order valence-electron chi connectivity index (χ4n) is 6.60. The van der Waals surface area contributed by atoms with Crippen LogP contribution in [0, 0.1) is 0 Å². The molecule has 39 heavy (non-hydrogen) atoms. The highest BCUT2D eigenvalue weighted by Crippen LogP contribution is 2.65. The number of ketones is 1. The molecule has 1 aromatic rings. The number of ether oxygens (including phenoxy) is 4. The number of nitrogens with zero attached hydrogens (tertiary/aromatic N) is 1. The van der Waals surface area contributed by atoms with E-state index in [0.717, 1.165) is 18.1 Å². The van der Waals surface area contributed by atoms with Crippen molar-refractivity contribution in [1.82, 2.24) is 4.90 Å². The minimum atomic E-state index is -1.89. The fraction of sp³-hybridized carbons (Fsp3) is 0.556. The summed E-state index contributed by atoms with van der Waals surface area (Å²) in [6.07, 6.45) is -3.03. The maximum Gasteiger partial charge on any atom is 0.345 e.